The second-order valence-electron chi connectivity index (χ2n) is 9.94. The van der Waals surface area contributed by atoms with E-state index in [-0.39, 0.29) is 19.9 Å². The first kappa shape index (κ1) is 29.1. The fourth-order valence-electron chi connectivity index (χ4n) is 4.64. The molecular formula is C31H39N3O6. The highest BCUT2D eigenvalue weighted by molar-refractivity contribution is 6.38. The Morgan fingerprint density at radius 3 is 2.30 bits per heavy atom. The Morgan fingerprint density at radius 2 is 1.57 bits per heavy atom. The zero-order chi connectivity index (χ0) is 28.2. The maximum absolute atomic E-state index is 13.0. The molecule has 1 aliphatic rings. The molecule has 2 heterocycles. The third kappa shape index (κ3) is 8.07. The van der Waals surface area contributed by atoms with Crippen LogP contribution in [-0.4, -0.2) is 35.4 Å². The summed E-state index contributed by atoms with van der Waals surface area (Å²) in [5, 5.41) is 4.15. The molecule has 9 nitrogen and oxygen atoms in total. The first-order chi connectivity index (χ1) is 19.6. The average molecular weight is 550 g/mol. The molecule has 0 unspecified atom stereocenters. The molecule has 1 amide bonds. The second kappa shape index (κ2) is 15.1. The van der Waals surface area contributed by atoms with E-state index in [1.165, 1.54) is 56.3 Å². The summed E-state index contributed by atoms with van der Waals surface area (Å²) in [6.45, 7) is 4.29. The van der Waals surface area contributed by atoms with Gasteiger partial charge in [0.1, 0.15) is 0 Å². The monoisotopic (exact) mass is 549 g/mol. The lowest BCUT2D eigenvalue weighted by Crippen LogP contribution is -2.37. The van der Waals surface area contributed by atoms with Gasteiger partial charge in [-0.1, -0.05) is 75.6 Å². The summed E-state index contributed by atoms with van der Waals surface area (Å²) in [6.07, 6.45) is 12.2. The number of hydrogen-bond acceptors (Lipinski definition) is 8. The van der Waals surface area contributed by atoms with E-state index >= 15 is 0 Å². The van der Waals surface area contributed by atoms with Crippen LogP contribution in [0.3, 0.4) is 0 Å². The number of carbonyl (C=O) groups is 2. The Morgan fingerprint density at radius 1 is 0.875 bits per heavy atom. The van der Waals surface area contributed by atoms with E-state index in [1.54, 1.807) is 25.1 Å². The molecule has 0 radical (unpaired) electrons. The molecule has 3 aromatic rings. The largest absolute Gasteiger partial charge is 0.459 e. The minimum atomic E-state index is -0.915. The molecule has 0 saturated heterocycles. The second-order valence-corrected chi connectivity index (χ2v) is 9.94. The van der Waals surface area contributed by atoms with Crippen molar-refractivity contribution in [3.05, 3.63) is 53.9 Å². The minimum Gasteiger partial charge on any atom is -0.459 e. The average Bonchev–Trinajstić information content (AvgIpc) is 3.64. The van der Waals surface area contributed by atoms with E-state index in [4.69, 9.17) is 18.7 Å². The Kier molecular flexibility index (Phi) is 11.0. The molecule has 0 aliphatic carbocycles. The van der Waals surface area contributed by atoms with Crippen molar-refractivity contribution >= 4 is 17.6 Å². The molecule has 0 spiro atoms. The van der Waals surface area contributed by atoms with Crippen molar-refractivity contribution in [1.82, 2.24) is 10.1 Å². The van der Waals surface area contributed by atoms with Crippen molar-refractivity contribution in [2.45, 2.75) is 84.6 Å². The lowest BCUT2D eigenvalue weighted by Gasteiger charge is -2.22. The number of unbranched alkanes of at least 4 members (excludes halogenated alkanes) is 8. The lowest BCUT2D eigenvalue weighted by molar-refractivity contribution is -0.153. The standard InChI is InChI=1S/C31H39N3O6/c1-3-5-6-7-8-9-10-11-12-13-28-32-29(40-33-28)24-16-14-23(15-17-24)21-34(30(35)31(36)37-4-2)25-18-19-26-27(20-25)39-22-38-26/h14-20H,3-13,21-22H2,1-2H3. The molecule has 1 aliphatic heterocycles. The first-order valence-corrected chi connectivity index (χ1v) is 14.4. The Bertz CT molecular complexity index is 1240. The molecule has 0 N–H and O–H groups in total. The van der Waals surface area contributed by atoms with Gasteiger partial charge in [0.2, 0.25) is 6.79 Å². The van der Waals surface area contributed by atoms with E-state index in [1.807, 2.05) is 24.3 Å². The number of nitrogens with zero attached hydrogens (tertiary/aromatic N) is 3. The van der Waals surface area contributed by atoms with Gasteiger partial charge >= 0.3 is 11.9 Å². The number of amides is 1. The van der Waals surface area contributed by atoms with Crippen LogP contribution in [0.2, 0.25) is 0 Å². The van der Waals surface area contributed by atoms with E-state index < -0.39 is 11.9 Å². The first-order valence-electron chi connectivity index (χ1n) is 14.4. The van der Waals surface area contributed by atoms with Gasteiger partial charge in [-0.25, -0.2) is 4.79 Å². The van der Waals surface area contributed by atoms with Crippen molar-refractivity contribution in [2.24, 2.45) is 0 Å². The van der Waals surface area contributed by atoms with Crippen LogP contribution in [0.5, 0.6) is 11.5 Å². The number of anilines is 1. The summed E-state index contributed by atoms with van der Waals surface area (Å²) in [5.74, 6) is 0.617. The van der Waals surface area contributed by atoms with Crippen molar-refractivity contribution in [1.29, 1.82) is 0 Å². The quantitative estimate of drug-likeness (QED) is 0.118. The van der Waals surface area contributed by atoms with Crippen LogP contribution in [0.15, 0.2) is 47.0 Å². The van der Waals surface area contributed by atoms with Crippen LogP contribution in [0, 0.1) is 0 Å². The van der Waals surface area contributed by atoms with Gasteiger partial charge in [-0.05, 0) is 43.2 Å². The van der Waals surface area contributed by atoms with Crippen molar-refractivity contribution in [2.75, 3.05) is 18.3 Å². The number of ether oxygens (including phenoxy) is 3. The summed E-state index contributed by atoms with van der Waals surface area (Å²) >= 11 is 0. The molecular weight excluding hydrogens is 510 g/mol. The van der Waals surface area contributed by atoms with Crippen LogP contribution < -0.4 is 14.4 Å². The van der Waals surface area contributed by atoms with Gasteiger partial charge < -0.3 is 18.7 Å². The van der Waals surface area contributed by atoms with Gasteiger partial charge in [-0.15, -0.1) is 0 Å². The van der Waals surface area contributed by atoms with E-state index in [9.17, 15) is 9.59 Å². The predicted molar refractivity (Wildman–Crippen MR) is 151 cm³/mol. The predicted octanol–water partition coefficient (Wildman–Crippen LogP) is 6.63. The van der Waals surface area contributed by atoms with Gasteiger partial charge in [0.25, 0.3) is 5.89 Å². The highest BCUT2D eigenvalue weighted by Crippen LogP contribution is 2.36. The topological polar surface area (TPSA) is 104 Å². The van der Waals surface area contributed by atoms with E-state index in [2.05, 4.69) is 17.1 Å². The Hall–Kier alpha value is -3.88. The number of esters is 1. The molecule has 9 heteroatoms. The summed E-state index contributed by atoms with van der Waals surface area (Å²) in [7, 11) is 0. The van der Waals surface area contributed by atoms with Crippen molar-refractivity contribution in [3.63, 3.8) is 0 Å². The van der Waals surface area contributed by atoms with Crippen LogP contribution in [0.25, 0.3) is 11.5 Å². The fraction of sp³-hybridized carbons (Fsp3) is 0.484. The molecule has 1 aromatic heterocycles. The van der Waals surface area contributed by atoms with Crippen LogP contribution >= 0.6 is 0 Å². The summed E-state index contributed by atoms with van der Waals surface area (Å²) in [6, 6.07) is 12.6. The molecule has 0 bridgehead atoms. The van der Waals surface area contributed by atoms with Gasteiger partial charge in [-0.2, -0.15) is 4.98 Å². The van der Waals surface area contributed by atoms with Gasteiger partial charge in [0, 0.05) is 23.7 Å². The summed E-state index contributed by atoms with van der Waals surface area (Å²) in [4.78, 5) is 31.2. The zero-order valence-corrected chi connectivity index (χ0v) is 23.5. The minimum absolute atomic E-state index is 0.111. The Balaban J connectivity index is 1.33. The highest BCUT2D eigenvalue weighted by atomic mass is 16.7. The molecule has 0 saturated carbocycles. The number of aromatic nitrogens is 2. The van der Waals surface area contributed by atoms with E-state index in [0.29, 0.717) is 23.1 Å². The number of carbonyl (C=O) groups excluding carboxylic acids is 2. The smallest absolute Gasteiger partial charge is 0.397 e. The van der Waals surface area contributed by atoms with Gasteiger partial charge in [-0.3, -0.25) is 9.69 Å². The zero-order valence-electron chi connectivity index (χ0n) is 23.5. The van der Waals surface area contributed by atoms with E-state index in [0.717, 1.165) is 29.8 Å². The van der Waals surface area contributed by atoms with Crippen LogP contribution in [0.1, 0.15) is 83.0 Å². The van der Waals surface area contributed by atoms with Crippen LogP contribution in [0.4, 0.5) is 5.69 Å². The molecule has 2 aromatic carbocycles. The van der Waals surface area contributed by atoms with Crippen LogP contribution in [-0.2, 0) is 27.3 Å². The van der Waals surface area contributed by atoms with Crippen molar-refractivity contribution in [3.8, 4) is 23.0 Å². The summed E-state index contributed by atoms with van der Waals surface area (Å²) in [5.41, 5.74) is 2.11. The Labute approximate surface area is 235 Å². The molecule has 4 rings (SSSR count). The molecule has 0 atom stereocenters. The maximum atomic E-state index is 13.0. The maximum Gasteiger partial charge on any atom is 0.397 e. The SMILES string of the molecule is CCCCCCCCCCCc1noc(-c2ccc(CN(C(=O)C(=O)OCC)c3ccc4c(c3)OCO4)cc2)n1. The van der Waals surface area contributed by atoms with Gasteiger partial charge in [0.05, 0.1) is 13.2 Å². The molecule has 0 fully saturated rings. The molecule has 214 valence electrons. The molecule has 40 heavy (non-hydrogen) atoms. The van der Waals surface area contributed by atoms with Crippen molar-refractivity contribution < 1.29 is 28.3 Å². The number of fused-ring (bicyclic) bond motifs is 1. The summed E-state index contributed by atoms with van der Waals surface area (Å²) < 4.78 is 21.3. The third-order valence-corrected chi connectivity index (χ3v) is 6.88. The fourth-order valence-corrected chi connectivity index (χ4v) is 4.64. The number of benzene rings is 2. The van der Waals surface area contributed by atoms with Gasteiger partial charge in [0.15, 0.2) is 17.3 Å². The number of rotatable bonds is 15. The number of hydrogen-bond donors (Lipinski definition) is 0. The normalized spacial score (nSPS) is 11.9. The lowest BCUT2D eigenvalue weighted by atomic mass is 10.1. The number of aryl methyl sites for hydroxylation is 1. The third-order valence-electron chi connectivity index (χ3n) is 6.88. The highest BCUT2D eigenvalue weighted by Gasteiger charge is 2.27.